The normalized spacial score (nSPS) is 24.0. The summed E-state index contributed by atoms with van der Waals surface area (Å²) in [6.45, 7) is 12.5. The predicted molar refractivity (Wildman–Crippen MR) is 112 cm³/mol. The molecule has 0 saturated heterocycles. The highest BCUT2D eigenvalue weighted by atomic mass is 32.2. The Kier molecular flexibility index (Phi) is 5.72. The summed E-state index contributed by atoms with van der Waals surface area (Å²) in [4.78, 5) is 3.04. The monoisotopic (exact) mass is 390 g/mol. The van der Waals surface area contributed by atoms with Crippen molar-refractivity contribution >= 4 is 15.7 Å². The smallest absolute Gasteiger partial charge is 0.200 e. The minimum Gasteiger partial charge on any atom is -0.200 e. The quantitative estimate of drug-likeness (QED) is 0.651. The van der Waals surface area contributed by atoms with Crippen LogP contribution in [0.4, 0.5) is 0 Å². The molecule has 0 heterocycles. The number of rotatable bonds is 6. The number of fused-ring (bicyclic) bond motifs is 2. The summed E-state index contributed by atoms with van der Waals surface area (Å²) in [6, 6.07) is 4.14. The summed E-state index contributed by atoms with van der Waals surface area (Å²) in [5.74, 6) is 1.81. The Morgan fingerprint density at radius 2 is 1.56 bits per heavy atom. The highest BCUT2D eigenvalue weighted by molar-refractivity contribution is 7.89. The summed E-state index contributed by atoms with van der Waals surface area (Å²) < 4.78 is 26.6. The van der Waals surface area contributed by atoms with Gasteiger partial charge in [-0.05, 0) is 72.0 Å². The van der Waals surface area contributed by atoms with Gasteiger partial charge in [0.25, 0.3) is 10.0 Å². The molecule has 2 aliphatic carbocycles. The molecule has 150 valence electrons. The third kappa shape index (κ3) is 4.08. The lowest BCUT2D eigenvalue weighted by Gasteiger charge is -2.22. The molecule has 2 bridgehead atoms. The van der Waals surface area contributed by atoms with Crippen LogP contribution < -0.4 is 4.83 Å². The number of nitrogens with zero attached hydrogens (tertiary/aromatic N) is 1. The summed E-state index contributed by atoms with van der Waals surface area (Å²) in [5.41, 5.74) is 4.03. The van der Waals surface area contributed by atoms with Crippen molar-refractivity contribution in [2.45, 2.75) is 89.9 Å². The zero-order valence-electron chi connectivity index (χ0n) is 17.5. The highest BCUT2D eigenvalue weighted by Crippen LogP contribution is 2.42. The van der Waals surface area contributed by atoms with Gasteiger partial charge in [-0.2, -0.15) is 13.5 Å². The first-order chi connectivity index (χ1) is 12.6. The van der Waals surface area contributed by atoms with Gasteiger partial charge in [0.15, 0.2) is 0 Å². The van der Waals surface area contributed by atoms with Crippen LogP contribution in [0.5, 0.6) is 0 Å². The van der Waals surface area contributed by atoms with E-state index in [1.165, 1.54) is 18.4 Å². The van der Waals surface area contributed by atoms with Crippen molar-refractivity contribution in [2.75, 3.05) is 0 Å². The van der Waals surface area contributed by atoms with Crippen molar-refractivity contribution in [1.29, 1.82) is 0 Å². The summed E-state index contributed by atoms with van der Waals surface area (Å²) in [5, 5.41) is 4.39. The summed E-state index contributed by atoms with van der Waals surface area (Å²) in [6.07, 6.45) is 4.55. The maximum Gasteiger partial charge on any atom is 0.277 e. The van der Waals surface area contributed by atoms with E-state index in [4.69, 9.17) is 0 Å². The van der Waals surface area contributed by atoms with Gasteiger partial charge in [0, 0.05) is 5.71 Å². The standard InChI is InChI=1S/C22H34N2O2S/c1-13(2)18-11-19(14(3)4)22(20(12-18)15(5)6)27(25,26)24-23-21-10-16-7-8-17(21)9-16/h11-17,24H,7-10H2,1-6H3/b23-21-/t16-,17+/m0/s1. The molecule has 2 atom stereocenters. The lowest BCUT2D eigenvalue weighted by Crippen LogP contribution is -2.25. The Balaban J connectivity index is 2.03. The van der Waals surface area contributed by atoms with Crippen LogP contribution >= 0.6 is 0 Å². The second kappa shape index (κ2) is 7.57. The van der Waals surface area contributed by atoms with Crippen LogP contribution in [0.2, 0.25) is 0 Å². The average molecular weight is 391 g/mol. The first-order valence-electron chi connectivity index (χ1n) is 10.4. The van der Waals surface area contributed by atoms with Gasteiger partial charge in [0.1, 0.15) is 0 Å². The Morgan fingerprint density at radius 1 is 0.963 bits per heavy atom. The van der Waals surface area contributed by atoms with Crippen LogP contribution in [-0.4, -0.2) is 14.1 Å². The second-order valence-corrected chi connectivity index (χ2v) is 10.9. The maximum absolute atomic E-state index is 13.3. The number of nitrogens with one attached hydrogen (secondary N) is 1. The van der Waals surface area contributed by atoms with E-state index in [-0.39, 0.29) is 11.8 Å². The fourth-order valence-corrected chi connectivity index (χ4v) is 6.07. The Morgan fingerprint density at radius 3 is 1.96 bits per heavy atom. The zero-order valence-corrected chi connectivity index (χ0v) is 18.4. The van der Waals surface area contributed by atoms with E-state index in [0.29, 0.717) is 22.6 Å². The average Bonchev–Trinajstić information content (AvgIpc) is 3.21. The molecule has 0 amide bonds. The van der Waals surface area contributed by atoms with E-state index in [9.17, 15) is 8.42 Å². The van der Waals surface area contributed by atoms with Gasteiger partial charge >= 0.3 is 0 Å². The molecule has 0 aliphatic heterocycles. The molecular formula is C22H34N2O2S. The Labute approximate surface area is 164 Å². The van der Waals surface area contributed by atoms with Gasteiger partial charge < -0.3 is 0 Å². The van der Waals surface area contributed by atoms with E-state index < -0.39 is 10.0 Å². The van der Waals surface area contributed by atoms with Gasteiger partial charge in [0.05, 0.1) is 4.90 Å². The van der Waals surface area contributed by atoms with Gasteiger partial charge in [-0.1, -0.05) is 53.7 Å². The molecule has 1 N–H and O–H groups in total. The van der Waals surface area contributed by atoms with Gasteiger partial charge in [0.2, 0.25) is 0 Å². The molecule has 2 aliphatic rings. The third-order valence-corrected chi connectivity index (χ3v) is 7.51. The molecule has 2 fully saturated rings. The lowest BCUT2D eigenvalue weighted by atomic mass is 9.89. The molecule has 4 nitrogen and oxygen atoms in total. The van der Waals surface area contributed by atoms with Gasteiger partial charge in [-0.25, -0.2) is 4.83 Å². The molecule has 0 unspecified atom stereocenters. The Bertz CT molecular complexity index is 809. The largest absolute Gasteiger partial charge is 0.277 e. The van der Waals surface area contributed by atoms with Crippen molar-refractivity contribution in [3.8, 4) is 0 Å². The number of benzene rings is 1. The minimum absolute atomic E-state index is 0.128. The van der Waals surface area contributed by atoms with Crippen LogP contribution in [0, 0.1) is 11.8 Å². The first-order valence-corrected chi connectivity index (χ1v) is 11.8. The van der Waals surface area contributed by atoms with Crippen molar-refractivity contribution in [3.63, 3.8) is 0 Å². The third-order valence-electron chi connectivity index (χ3n) is 6.17. The van der Waals surface area contributed by atoms with Crippen molar-refractivity contribution < 1.29 is 8.42 Å². The second-order valence-electron chi connectivity index (χ2n) is 9.27. The molecular weight excluding hydrogens is 356 g/mol. The van der Waals surface area contributed by atoms with Gasteiger partial charge in [-0.15, -0.1) is 0 Å². The fraction of sp³-hybridized carbons (Fsp3) is 0.682. The maximum atomic E-state index is 13.3. The molecule has 27 heavy (non-hydrogen) atoms. The van der Waals surface area contributed by atoms with Crippen LogP contribution in [0.25, 0.3) is 0 Å². The van der Waals surface area contributed by atoms with Crippen molar-refractivity contribution in [3.05, 3.63) is 28.8 Å². The van der Waals surface area contributed by atoms with E-state index in [0.717, 1.165) is 29.7 Å². The molecule has 1 aromatic rings. The highest BCUT2D eigenvalue weighted by Gasteiger charge is 2.37. The number of hydrogen-bond acceptors (Lipinski definition) is 3. The van der Waals surface area contributed by atoms with Crippen molar-refractivity contribution in [2.24, 2.45) is 16.9 Å². The molecule has 5 heteroatoms. The topological polar surface area (TPSA) is 58.5 Å². The first kappa shape index (κ1) is 20.4. The van der Waals surface area contributed by atoms with Gasteiger partial charge in [-0.3, -0.25) is 0 Å². The fourth-order valence-electron chi connectivity index (χ4n) is 4.53. The van der Waals surface area contributed by atoms with Crippen LogP contribution in [0.3, 0.4) is 0 Å². The molecule has 0 spiro atoms. The van der Waals surface area contributed by atoms with E-state index in [1.807, 2.05) is 0 Å². The zero-order chi connectivity index (χ0) is 19.9. The SMILES string of the molecule is CC(C)c1cc(C(C)C)c(S(=O)(=O)N/N=C2/C[C@H]3CC[C@@H]2C3)c(C(C)C)c1. The molecule has 0 radical (unpaired) electrons. The molecule has 3 rings (SSSR count). The van der Waals surface area contributed by atoms with Crippen LogP contribution in [0.15, 0.2) is 22.1 Å². The number of hydrogen-bond donors (Lipinski definition) is 1. The lowest BCUT2D eigenvalue weighted by molar-refractivity contribution is 0.575. The van der Waals surface area contributed by atoms with E-state index in [1.54, 1.807) is 0 Å². The minimum atomic E-state index is -3.70. The molecule has 0 aromatic heterocycles. The summed E-state index contributed by atoms with van der Waals surface area (Å²) in [7, 11) is -3.70. The molecule has 1 aromatic carbocycles. The predicted octanol–water partition coefficient (Wildman–Crippen LogP) is 5.51. The van der Waals surface area contributed by atoms with E-state index in [2.05, 4.69) is 63.6 Å². The van der Waals surface area contributed by atoms with Crippen molar-refractivity contribution in [1.82, 2.24) is 4.83 Å². The van der Waals surface area contributed by atoms with E-state index >= 15 is 0 Å². The number of sulfonamides is 1. The molecule has 2 saturated carbocycles. The Hall–Kier alpha value is -1.36. The summed E-state index contributed by atoms with van der Waals surface area (Å²) >= 11 is 0. The van der Waals surface area contributed by atoms with Crippen LogP contribution in [0.1, 0.15) is 102 Å². The number of hydrazone groups is 1. The van der Waals surface area contributed by atoms with Crippen LogP contribution in [-0.2, 0) is 10.0 Å².